The van der Waals surface area contributed by atoms with Gasteiger partial charge in [0.1, 0.15) is 22.1 Å². The van der Waals surface area contributed by atoms with E-state index >= 15 is 0 Å². The molecular weight excluding hydrogens is 1760 g/mol. The van der Waals surface area contributed by atoms with Crippen molar-refractivity contribution < 1.29 is 4.74 Å². The quantitative estimate of drug-likeness (QED) is 0.0840. The van der Waals surface area contributed by atoms with Crippen molar-refractivity contribution in [2.24, 2.45) is 0 Å². The molecule has 11 nitrogen and oxygen atoms in total. The number of nitrogens with zero attached hydrogens (tertiary/aromatic N) is 10. The summed E-state index contributed by atoms with van der Waals surface area (Å²) in [5.74, 6) is 1.65. The number of aromatic nitrogens is 7. The van der Waals surface area contributed by atoms with Gasteiger partial charge in [0.2, 0.25) is 0 Å². The molecule has 0 amide bonds. The third kappa shape index (κ3) is 15.4. The highest BCUT2D eigenvalue weighted by Crippen LogP contribution is 2.53. The molecule has 0 N–H and O–H groups in total. The zero-order valence-corrected chi connectivity index (χ0v) is 80.3. The van der Waals surface area contributed by atoms with Crippen LogP contribution in [0, 0.1) is 27.7 Å². The Morgan fingerprint density at radius 3 is 0.837 bits per heavy atom. The van der Waals surface area contributed by atoms with E-state index < -0.39 is 0 Å². The van der Waals surface area contributed by atoms with Crippen molar-refractivity contribution in [3.63, 3.8) is 0 Å². The van der Waals surface area contributed by atoms with E-state index in [0.717, 1.165) is 137 Å². The molecule has 13 heteroatoms. The summed E-state index contributed by atoms with van der Waals surface area (Å²) >= 11 is 2.51. The van der Waals surface area contributed by atoms with Gasteiger partial charge in [-0.2, -0.15) is 17.5 Å². The molecule has 25 aromatic rings. The lowest BCUT2D eigenvalue weighted by molar-refractivity contribution is 0.477. The molecule has 0 saturated heterocycles. The van der Waals surface area contributed by atoms with E-state index in [1.54, 1.807) is 0 Å². The zero-order chi connectivity index (χ0) is 94.5. The van der Waals surface area contributed by atoms with Gasteiger partial charge in [0.25, 0.3) is 0 Å². The van der Waals surface area contributed by atoms with Crippen molar-refractivity contribution >= 4 is 162 Å². The van der Waals surface area contributed by atoms with Gasteiger partial charge in [-0.3, -0.25) is 0 Å². The highest BCUT2D eigenvalue weighted by molar-refractivity contribution is 7.00. The molecule has 0 radical (unpaired) electrons. The van der Waals surface area contributed by atoms with Crippen LogP contribution in [0.5, 0.6) is 11.5 Å². The Kier molecular flexibility index (Phi) is 21.6. The maximum atomic E-state index is 6.31. The van der Waals surface area contributed by atoms with E-state index in [4.69, 9.17) is 22.2 Å². The normalized spacial score (nSPS) is 11.9. The largest absolute Gasteiger partial charge is 0.453 e. The SMILES string of the molecule is CCc1ccc2c(c1)c1cc(CC)ccc1n2-c1ccc(N(c2ccccc2)c2ccc(-c3ccc(-n4c5ccc(-c6ccc(C)cc6)cc5c5cc(-c6ccc(C)cc6)ccc54)cc3)c3nsnc23)cc1.Cc1ccc(-c2ccc3c(c2)c2cc(-c4ccc(C)cc4)ccc2n3-c2ccc(-c3ccc(N(c4ccccc4)c4ccc(N5c6ccccc6Oc6ccccc65)cc4)c4nsnc34)cc2)cc1. The minimum Gasteiger partial charge on any atom is -0.453 e. The monoisotopic (exact) mass is 1850 g/mol. The Balaban J connectivity index is 0.000000149. The molecule has 0 fully saturated rings. The second kappa shape index (κ2) is 35.6. The number of hydrogen-bond donors (Lipinski definition) is 0. The highest BCUT2D eigenvalue weighted by atomic mass is 32.1. The van der Waals surface area contributed by atoms with Gasteiger partial charge in [0, 0.05) is 88.9 Å². The van der Waals surface area contributed by atoms with Crippen LogP contribution in [0.15, 0.2) is 437 Å². The van der Waals surface area contributed by atoms with Crippen LogP contribution in [0.3, 0.4) is 0 Å². The number of para-hydroxylation sites is 6. The van der Waals surface area contributed by atoms with Gasteiger partial charge in [-0.1, -0.05) is 254 Å². The van der Waals surface area contributed by atoms with Gasteiger partial charge in [0.05, 0.1) is 79.3 Å². The van der Waals surface area contributed by atoms with Crippen LogP contribution in [0.4, 0.5) is 51.2 Å². The third-order valence-corrected chi connectivity index (χ3v) is 29.2. The molecule has 0 bridgehead atoms. The van der Waals surface area contributed by atoms with E-state index in [9.17, 15) is 0 Å². The lowest BCUT2D eigenvalue weighted by atomic mass is 9.99. The first-order valence-electron chi connectivity index (χ1n) is 48.2. The first-order chi connectivity index (χ1) is 69.4. The molecule has 0 aliphatic carbocycles. The summed E-state index contributed by atoms with van der Waals surface area (Å²) in [6, 6.07) is 159. The van der Waals surface area contributed by atoms with Crippen LogP contribution in [-0.4, -0.2) is 31.2 Å². The number of rotatable bonds is 18. The van der Waals surface area contributed by atoms with E-state index in [-0.39, 0.29) is 0 Å². The summed E-state index contributed by atoms with van der Waals surface area (Å²) < 4.78 is 33.4. The minimum atomic E-state index is 0.825. The van der Waals surface area contributed by atoms with Gasteiger partial charge in [0.15, 0.2) is 11.5 Å². The second-order valence-electron chi connectivity index (χ2n) is 36.8. The lowest BCUT2D eigenvalue weighted by Crippen LogP contribution is -2.16. The van der Waals surface area contributed by atoms with Crippen molar-refractivity contribution in [1.29, 1.82) is 0 Å². The molecular formula is C128H94N10OS2. The fourth-order valence-corrected chi connectivity index (χ4v) is 21.9. The fraction of sp³-hybridized carbons (Fsp3) is 0.0625. The molecule has 674 valence electrons. The summed E-state index contributed by atoms with van der Waals surface area (Å²) in [5.41, 5.74) is 44.7. The fourth-order valence-electron chi connectivity index (χ4n) is 20.7. The van der Waals surface area contributed by atoms with Crippen LogP contribution in [0.25, 0.3) is 171 Å². The van der Waals surface area contributed by atoms with Gasteiger partial charge in [-0.25, -0.2) is 0 Å². The number of benzene rings is 20. The van der Waals surface area contributed by atoms with Crippen LogP contribution >= 0.6 is 23.5 Å². The van der Waals surface area contributed by atoms with Crippen LogP contribution in [-0.2, 0) is 12.8 Å². The van der Waals surface area contributed by atoms with Gasteiger partial charge in [-0.05, 0) is 326 Å². The summed E-state index contributed by atoms with van der Waals surface area (Å²) in [4.78, 5) is 6.85. The predicted octanol–water partition coefficient (Wildman–Crippen LogP) is 35.5. The van der Waals surface area contributed by atoms with E-state index in [1.807, 2.05) is 24.3 Å². The van der Waals surface area contributed by atoms with Crippen molar-refractivity contribution in [2.75, 3.05) is 14.7 Å². The van der Waals surface area contributed by atoms with Gasteiger partial charge >= 0.3 is 0 Å². The molecule has 20 aromatic carbocycles. The third-order valence-electron chi connectivity index (χ3n) is 28.1. The molecule has 0 unspecified atom stereocenters. The van der Waals surface area contributed by atoms with Crippen LogP contribution in [0.2, 0.25) is 0 Å². The highest BCUT2D eigenvalue weighted by Gasteiger charge is 2.29. The molecule has 141 heavy (non-hydrogen) atoms. The van der Waals surface area contributed by atoms with Gasteiger partial charge < -0.3 is 33.1 Å². The number of hydrogen-bond acceptors (Lipinski definition) is 10. The molecule has 1 aliphatic rings. The number of anilines is 9. The summed E-state index contributed by atoms with van der Waals surface area (Å²) in [6.45, 7) is 13.0. The first-order valence-corrected chi connectivity index (χ1v) is 49.7. The topological polar surface area (TPSA) is 85.3 Å². The number of aryl methyl sites for hydroxylation is 6. The van der Waals surface area contributed by atoms with Crippen molar-refractivity contribution in [1.82, 2.24) is 31.2 Å². The Hall–Kier alpha value is -17.4. The standard InChI is InChI=1S/C66H51N5S.C62H43N5OS/c1-5-44-16-33-60-56(38-44)57-39-45(6-2)17-34-61(57)71(60)54-30-28-52(29-31-54)69(51-10-8-7-9-11-51)64-37-32-55(65-66(64)68-72-67-65)48-22-26-53(27-23-48)70-62-35-24-49(46-18-12-42(3)13-19-46)40-58(62)59-41-50(25-36-63(59)70)47-20-14-43(4)15-21-47;1-40-16-20-42(21-17-40)45-26-35-54-52(38-45)53-39-46(43-22-18-41(2)19-23-43)27-36-55(53)66(54)49-28-24-44(25-29-49)51-34-37-58(62-61(51)63-69-64-62)65(47-10-4-3-5-11-47)48-30-32-50(33-31-48)67-56-12-6-8-14-59(56)68-60-15-9-7-13-57(60)67/h7-41H,5-6H2,1-4H3;3-39H,1-2H3. The average molecular weight is 1850 g/mol. The molecule has 1 aliphatic heterocycles. The first kappa shape index (κ1) is 85.3. The average Bonchev–Trinajstić information content (AvgIpc) is 1.78. The van der Waals surface area contributed by atoms with Crippen LogP contribution in [0.1, 0.15) is 47.2 Å². The molecule has 0 spiro atoms. The Labute approximate surface area is 826 Å². The van der Waals surface area contributed by atoms with Crippen molar-refractivity contribution in [2.45, 2.75) is 54.4 Å². The van der Waals surface area contributed by atoms with Crippen molar-refractivity contribution in [3.05, 3.63) is 470 Å². The minimum absolute atomic E-state index is 0.825. The Morgan fingerprint density at radius 1 is 0.234 bits per heavy atom. The number of fused-ring (bicyclic) bond motifs is 13. The second-order valence-corrected chi connectivity index (χ2v) is 37.9. The van der Waals surface area contributed by atoms with Crippen molar-refractivity contribution in [3.8, 4) is 95.3 Å². The molecule has 5 aromatic heterocycles. The van der Waals surface area contributed by atoms with E-state index in [2.05, 4.69) is 482 Å². The molecule has 26 rings (SSSR count). The summed E-state index contributed by atoms with van der Waals surface area (Å²) in [5, 5.41) is 7.51. The summed E-state index contributed by atoms with van der Waals surface area (Å²) in [6.07, 6.45) is 2.01. The smallest absolute Gasteiger partial charge is 0.151 e. The number of ether oxygens (including phenoxy) is 1. The maximum absolute atomic E-state index is 6.31. The zero-order valence-electron chi connectivity index (χ0n) is 78.7. The van der Waals surface area contributed by atoms with E-state index in [1.165, 1.54) is 167 Å². The predicted molar refractivity (Wildman–Crippen MR) is 592 cm³/mol. The lowest BCUT2D eigenvalue weighted by Gasteiger charge is -2.33. The van der Waals surface area contributed by atoms with Gasteiger partial charge in [-0.15, -0.1) is 0 Å². The van der Waals surface area contributed by atoms with Crippen LogP contribution < -0.4 is 19.4 Å². The molecule has 0 atom stereocenters. The van der Waals surface area contributed by atoms with E-state index in [0.29, 0.717) is 0 Å². The summed E-state index contributed by atoms with van der Waals surface area (Å²) in [7, 11) is 0. The maximum Gasteiger partial charge on any atom is 0.151 e. The Morgan fingerprint density at radius 2 is 0.504 bits per heavy atom. The Bertz CT molecular complexity index is 8790. The molecule has 0 saturated carbocycles. The molecule has 6 heterocycles.